The van der Waals surface area contributed by atoms with Gasteiger partial charge in [0.25, 0.3) is 0 Å². The molecule has 0 aliphatic heterocycles. The molecule has 1 aliphatic carbocycles. The maximum atomic E-state index is 9.89. The highest BCUT2D eigenvalue weighted by molar-refractivity contribution is 4.77. The van der Waals surface area contributed by atoms with Crippen molar-refractivity contribution in [2.24, 2.45) is 5.73 Å². The van der Waals surface area contributed by atoms with E-state index in [2.05, 4.69) is 4.90 Å². The Bertz CT molecular complexity index is 205. The van der Waals surface area contributed by atoms with E-state index in [0.717, 1.165) is 38.5 Å². The van der Waals surface area contributed by atoms with E-state index in [-0.39, 0.29) is 0 Å². The molecule has 3 N–H and O–H groups in total. The van der Waals surface area contributed by atoms with E-state index in [1.807, 2.05) is 13.8 Å². The first kappa shape index (κ1) is 15.9. The molecule has 3 nitrogen and oxygen atoms in total. The molecule has 108 valence electrons. The monoisotopic (exact) mass is 256 g/mol. The Balaban J connectivity index is 2.46. The Morgan fingerprint density at radius 2 is 1.72 bits per heavy atom. The van der Waals surface area contributed by atoms with Crippen LogP contribution in [0.25, 0.3) is 0 Å². The second-order valence-electron chi connectivity index (χ2n) is 6.39. The summed E-state index contributed by atoms with van der Waals surface area (Å²) in [5.74, 6) is 0. The molecular formula is C15H32N2O. The fourth-order valence-electron chi connectivity index (χ4n) is 2.81. The Morgan fingerprint density at radius 3 is 2.22 bits per heavy atom. The van der Waals surface area contributed by atoms with E-state index in [4.69, 9.17) is 5.73 Å². The van der Waals surface area contributed by atoms with E-state index < -0.39 is 5.60 Å². The number of hydrogen-bond donors (Lipinski definition) is 2. The third-order valence-corrected chi connectivity index (χ3v) is 4.00. The van der Waals surface area contributed by atoms with Crippen LogP contribution in [0.15, 0.2) is 0 Å². The average Bonchev–Trinajstić information content (AvgIpc) is 2.56. The summed E-state index contributed by atoms with van der Waals surface area (Å²) in [4.78, 5) is 2.58. The normalized spacial score (nSPS) is 19.2. The molecule has 3 heteroatoms. The summed E-state index contributed by atoms with van der Waals surface area (Å²) >= 11 is 0. The first-order valence-electron chi connectivity index (χ1n) is 7.69. The number of nitrogens with zero attached hydrogens (tertiary/aromatic N) is 1. The van der Waals surface area contributed by atoms with Crippen LogP contribution in [-0.4, -0.2) is 41.3 Å². The minimum Gasteiger partial charge on any atom is -0.390 e. The Kier molecular flexibility index (Phi) is 7.20. The Morgan fingerprint density at radius 1 is 1.11 bits per heavy atom. The fourth-order valence-corrected chi connectivity index (χ4v) is 2.81. The largest absolute Gasteiger partial charge is 0.390 e. The standard InChI is InChI=1S/C15H32N2O/c1-15(2,18)10-13-17(12-7-11-16)14-8-5-3-4-6-9-14/h14,18H,3-13,16H2,1-2H3. The van der Waals surface area contributed by atoms with Gasteiger partial charge in [0, 0.05) is 12.6 Å². The quantitative estimate of drug-likeness (QED) is 0.688. The van der Waals surface area contributed by atoms with E-state index in [9.17, 15) is 5.11 Å². The van der Waals surface area contributed by atoms with Gasteiger partial charge in [-0.3, -0.25) is 0 Å². The van der Waals surface area contributed by atoms with Crippen LogP contribution < -0.4 is 5.73 Å². The van der Waals surface area contributed by atoms with E-state index in [1.165, 1.54) is 38.5 Å². The molecule has 0 heterocycles. The summed E-state index contributed by atoms with van der Waals surface area (Å²) in [6.45, 7) is 6.68. The van der Waals surface area contributed by atoms with Gasteiger partial charge in [-0.05, 0) is 52.6 Å². The van der Waals surface area contributed by atoms with Crippen LogP contribution in [0.3, 0.4) is 0 Å². The van der Waals surface area contributed by atoms with E-state index in [0.29, 0.717) is 0 Å². The Hall–Kier alpha value is -0.120. The molecule has 0 atom stereocenters. The lowest BCUT2D eigenvalue weighted by Gasteiger charge is -2.33. The summed E-state index contributed by atoms with van der Waals surface area (Å²) in [7, 11) is 0. The van der Waals surface area contributed by atoms with Crippen molar-refractivity contribution in [2.45, 2.75) is 76.9 Å². The van der Waals surface area contributed by atoms with Gasteiger partial charge in [0.15, 0.2) is 0 Å². The zero-order valence-corrected chi connectivity index (χ0v) is 12.3. The van der Waals surface area contributed by atoms with Gasteiger partial charge in [0.2, 0.25) is 0 Å². The molecule has 1 aliphatic rings. The van der Waals surface area contributed by atoms with E-state index in [1.54, 1.807) is 0 Å². The number of hydrogen-bond acceptors (Lipinski definition) is 3. The first-order chi connectivity index (χ1) is 8.53. The number of nitrogens with two attached hydrogens (primary N) is 1. The lowest BCUT2D eigenvalue weighted by Crippen LogP contribution is -2.39. The van der Waals surface area contributed by atoms with Crippen molar-refractivity contribution in [3.05, 3.63) is 0 Å². The summed E-state index contributed by atoms with van der Waals surface area (Å²) in [5.41, 5.74) is 5.09. The molecule has 18 heavy (non-hydrogen) atoms. The topological polar surface area (TPSA) is 49.5 Å². The molecule has 0 radical (unpaired) electrons. The summed E-state index contributed by atoms with van der Waals surface area (Å²) < 4.78 is 0. The third kappa shape index (κ3) is 6.72. The molecule has 1 saturated carbocycles. The first-order valence-corrected chi connectivity index (χ1v) is 7.69. The van der Waals surface area contributed by atoms with Gasteiger partial charge >= 0.3 is 0 Å². The van der Waals surface area contributed by atoms with Crippen LogP contribution in [0, 0.1) is 0 Å². The van der Waals surface area contributed by atoms with Crippen molar-refractivity contribution in [1.29, 1.82) is 0 Å². The van der Waals surface area contributed by atoms with Crippen LogP contribution in [-0.2, 0) is 0 Å². The maximum Gasteiger partial charge on any atom is 0.0603 e. The lowest BCUT2D eigenvalue weighted by molar-refractivity contribution is 0.0488. The van der Waals surface area contributed by atoms with Gasteiger partial charge < -0.3 is 15.7 Å². The van der Waals surface area contributed by atoms with Crippen LogP contribution in [0.5, 0.6) is 0 Å². The molecule has 0 spiro atoms. The minimum atomic E-state index is -0.550. The van der Waals surface area contributed by atoms with Crippen LogP contribution >= 0.6 is 0 Å². The summed E-state index contributed by atoms with van der Waals surface area (Å²) in [6.07, 6.45) is 10.1. The van der Waals surface area contributed by atoms with Gasteiger partial charge in [0.1, 0.15) is 0 Å². The zero-order valence-electron chi connectivity index (χ0n) is 12.3. The highest BCUT2D eigenvalue weighted by Crippen LogP contribution is 2.23. The molecule has 0 aromatic heterocycles. The van der Waals surface area contributed by atoms with Crippen molar-refractivity contribution in [3.8, 4) is 0 Å². The van der Waals surface area contributed by atoms with Crippen molar-refractivity contribution in [3.63, 3.8) is 0 Å². The van der Waals surface area contributed by atoms with Gasteiger partial charge in [-0.25, -0.2) is 0 Å². The molecule has 0 aromatic rings. The van der Waals surface area contributed by atoms with Crippen LogP contribution in [0.4, 0.5) is 0 Å². The lowest BCUT2D eigenvalue weighted by atomic mass is 10.0. The molecule has 0 amide bonds. The fraction of sp³-hybridized carbons (Fsp3) is 1.00. The number of aliphatic hydroxyl groups is 1. The smallest absolute Gasteiger partial charge is 0.0603 e. The van der Waals surface area contributed by atoms with Crippen molar-refractivity contribution in [1.82, 2.24) is 4.90 Å². The van der Waals surface area contributed by atoms with Gasteiger partial charge in [0.05, 0.1) is 5.60 Å². The maximum absolute atomic E-state index is 9.89. The molecular weight excluding hydrogens is 224 g/mol. The third-order valence-electron chi connectivity index (χ3n) is 4.00. The second kappa shape index (κ2) is 8.13. The van der Waals surface area contributed by atoms with Crippen molar-refractivity contribution in [2.75, 3.05) is 19.6 Å². The van der Waals surface area contributed by atoms with Gasteiger partial charge in [-0.2, -0.15) is 0 Å². The van der Waals surface area contributed by atoms with Crippen molar-refractivity contribution >= 4 is 0 Å². The Labute approximate surface area is 113 Å². The highest BCUT2D eigenvalue weighted by atomic mass is 16.3. The summed E-state index contributed by atoms with van der Waals surface area (Å²) in [6, 6.07) is 0.724. The number of rotatable bonds is 7. The predicted molar refractivity (Wildman–Crippen MR) is 77.6 cm³/mol. The SMILES string of the molecule is CC(C)(O)CCN(CCCN)C1CCCCCC1. The van der Waals surface area contributed by atoms with Crippen LogP contribution in [0.2, 0.25) is 0 Å². The molecule has 1 fully saturated rings. The second-order valence-corrected chi connectivity index (χ2v) is 6.39. The summed E-state index contributed by atoms with van der Waals surface area (Å²) in [5, 5.41) is 9.89. The van der Waals surface area contributed by atoms with E-state index >= 15 is 0 Å². The highest BCUT2D eigenvalue weighted by Gasteiger charge is 2.22. The average molecular weight is 256 g/mol. The van der Waals surface area contributed by atoms with Crippen LogP contribution in [0.1, 0.15) is 65.2 Å². The molecule has 0 aromatic carbocycles. The van der Waals surface area contributed by atoms with Gasteiger partial charge in [-0.1, -0.05) is 25.7 Å². The molecule has 1 rings (SSSR count). The predicted octanol–water partition coefficient (Wildman–Crippen LogP) is 2.52. The van der Waals surface area contributed by atoms with Crippen molar-refractivity contribution < 1.29 is 5.11 Å². The molecule has 0 bridgehead atoms. The zero-order chi connectivity index (χ0) is 13.4. The molecule has 0 saturated heterocycles. The van der Waals surface area contributed by atoms with Gasteiger partial charge in [-0.15, -0.1) is 0 Å². The minimum absolute atomic E-state index is 0.550. The molecule has 0 unspecified atom stereocenters.